The molecule has 3 heterocycles. The third-order valence-corrected chi connectivity index (χ3v) is 6.70. The van der Waals surface area contributed by atoms with Crippen molar-refractivity contribution in [2.24, 2.45) is 0 Å². The summed E-state index contributed by atoms with van der Waals surface area (Å²) < 4.78 is 33.4. The first kappa shape index (κ1) is 18.8. The Labute approximate surface area is 187 Å². The summed E-state index contributed by atoms with van der Waals surface area (Å²) in [4.78, 5) is 0.467. The first-order chi connectivity index (χ1) is 15.2. The van der Waals surface area contributed by atoms with Crippen LogP contribution in [0.3, 0.4) is 0 Å². The summed E-state index contributed by atoms with van der Waals surface area (Å²) in [6, 6.07) is 11.3. The quantitative estimate of drug-likeness (QED) is 0.247. The van der Waals surface area contributed by atoms with Gasteiger partial charge in [0.1, 0.15) is 33.3 Å². The van der Waals surface area contributed by atoms with Crippen LogP contribution in [0.25, 0.3) is 67.0 Å². The van der Waals surface area contributed by atoms with Gasteiger partial charge in [0.05, 0.1) is 26.9 Å². The highest BCUT2D eigenvalue weighted by molar-refractivity contribution is 9.10. The highest BCUT2D eigenvalue weighted by atomic mass is 79.9. The molecule has 6 rings (SSSR count). The monoisotopic (exact) mass is 492 g/mol. The molecule has 0 N–H and O–H groups in total. The number of hydrogen-bond acceptors (Lipinski definition) is 4. The van der Waals surface area contributed by atoms with Crippen molar-refractivity contribution in [2.75, 3.05) is 0 Å². The number of para-hydroxylation sites is 1. The molecule has 3 nitrogen and oxygen atoms in total. The molecule has 3 aromatic heterocycles. The van der Waals surface area contributed by atoms with Crippen LogP contribution in [0.4, 0.5) is 3.89 Å². The smallest absolute Gasteiger partial charge is 0.150 e. The second kappa shape index (κ2) is 6.77. The van der Waals surface area contributed by atoms with Crippen molar-refractivity contribution < 1.29 is 17.1 Å². The lowest BCUT2D eigenvalue weighted by Gasteiger charge is -1.99. The molecule has 0 radical (unpaired) electrons. The molecule has 0 aliphatic rings. The number of furan rings is 3. The molecule has 6 aromatic rings. The highest BCUT2D eigenvalue weighted by Crippen LogP contribution is 2.46. The fourth-order valence-corrected chi connectivity index (χ4v) is 5.34. The molecular weight excluding hydrogens is 479 g/mol. The van der Waals surface area contributed by atoms with Crippen LogP contribution in [0.1, 0.15) is 6.92 Å². The molecule has 0 bridgehead atoms. The zero-order valence-corrected chi connectivity index (χ0v) is 18.7. The summed E-state index contributed by atoms with van der Waals surface area (Å²) in [6.45, 7) is 5.79. The summed E-state index contributed by atoms with van der Waals surface area (Å²) in [5.41, 5.74) is 4.00. The Morgan fingerprint density at radius 3 is 2.52 bits per heavy atom. The van der Waals surface area contributed by atoms with E-state index in [1.165, 1.54) is 0 Å². The van der Waals surface area contributed by atoms with Crippen molar-refractivity contribution in [1.82, 2.24) is 0 Å². The van der Waals surface area contributed by atoms with E-state index in [0.29, 0.717) is 32.8 Å². The van der Waals surface area contributed by atoms with Gasteiger partial charge in [-0.05, 0) is 47.1 Å². The number of halogens is 2. The van der Waals surface area contributed by atoms with Gasteiger partial charge < -0.3 is 13.3 Å². The number of benzene rings is 3. The Kier molecular flexibility index (Phi) is 4.10. The van der Waals surface area contributed by atoms with E-state index in [1.807, 2.05) is 49.4 Å². The van der Waals surface area contributed by atoms with E-state index >= 15 is 0 Å². The van der Waals surface area contributed by atoms with Crippen LogP contribution in [-0.2, 0) is 0 Å². The number of hydrogen-bond donors (Lipinski definition) is 0. The van der Waals surface area contributed by atoms with Crippen LogP contribution in [0, 0.1) is 0 Å². The van der Waals surface area contributed by atoms with Gasteiger partial charge in [-0.3, -0.25) is 0 Å². The second-order valence-corrected chi connectivity index (χ2v) is 8.68. The van der Waals surface area contributed by atoms with E-state index in [9.17, 15) is 3.89 Å². The van der Waals surface area contributed by atoms with Gasteiger partial charge in [-0.25, -0.2) is 0 Å². The van der Waals surface area contributed by atoms with Gasteiger partial charge in [0.15, 0.2) is 0 Å². The van der Waals surface area contributed by atoms with Gasteiger partial charge in [-0.1, -0.05) is 36.9 Å². The summed E-state index contributed by atoms with van der Waals surface area (Å²) in [5.74, 6) is 0. The van der Waals surface area contributed by atoms with Crippen molar-refractivity contribution in [3.05, 3.63) is 64.2 Å². The molecule has 3 aromatic carbocycles. The Bertz CT molecular complexity index is 1820. The van der Waals surface area contributed by atoms with Gasteiger partial charge in [-0.15, -0.1) is 0 Å². The maximum Gasteiger partial charge on any atom is 0.150 e. The molecule has 0 saturated carbocycles. The van der Waals surface area contributed by atoms with Gasteiger partial charge in [0.2, 0.25) is 0 Å². The van der Waals surface area contributed by atoms with Gasteiger partial charge in [-0.2, -0.15) is 3.89 Å². The van der Waals surface area contributed by atoms with E-state index < -0.39 is 0 Å². The molecule has 0 unspecified atom stereocenters. The first-order valence-corrected chi connectivity index (χ1v) is 11.2. The Morgan fingerprint density at radius 1 is 0.935 bits per heavy atom. The molecule has 152 valence electrons. The van der Waals surface area contributed by atoms with Crippen LogP contribution in [0.15, 0.2) is 71.7 Å². The molecule has 0 aliphatic carbocycles. The van der Waals surface area contributed by atoms with Crippen LogP contribution in [0.5, 0.6) is 0 Å². The average Bonchev–Trinajstić information content (AvgIpc) is 3.44. The van der Waals surface area contributed by atoms with E-state index in [1.54, 1.807) is 12.1 Å². The molecule has 31 heavy (non-hydrogen) atoms. The molecule has 0 fully saturated rings. The predicted molar refractivity (Wildman–Crippen MR) is 129 cm³/mol. The summed E-state index contributed by atoms with van der Waals surface area (Å²) in [5, 5.41) is 5.11. The van der Waals surface area contributed by atoms with Crippen molar-refractivity contribution in [2.45, 2.75) is 11.8 Å². The molecule has 0 spiro atoms. The van der Waals surface area contributed by atoms with Crippen LogP contribution in [0.2, 0.25) is 0 Å². The largest absolute Gasteiger partial charge is 0.456 e. The van der Waals surface area contributed by atoms with E-state index in [0.717, 1.165) is 42.0 Å². The average molecular weight is 493 g/mol. The van der Waals surface area contributed by atoms with Gasteiger partial charge >= 0.3 is 0 Å². The SMILES string of the molecule is C=C/C=c1\c(=C/C)oc2c(Br)cc3oc4cc(SF)c5c6ccccc6oc5c4c3c12. The summed E-state index contributed by atoms with van der Waals surface area (Å²) >= 11 is 3.81. The Hall–Kier alpha value is -2.96. The third-order valence-electron chi connectivity index (χ3n) is 5.62. The van der Waals surface area contributed by atoms with E-state index in [-0.39, 0.29) is 12.1 Å². The minimum Gasteiger partial charge on any atom is -0.456 e. The molecular formula is C25H14BrFO3S. The lowest BCUT2D eigenvalue weighted by molar-refractivity contribution is 0.573. The third kappa shape index (κ3) is 2.46. The molecule has 6 heteroatoms. The predicted octanol–water partition coefficient (Wildman–Crippen LogP) is 7.74. The maximum absolute atomic E-state index is 14.0. The first-order valence-electron chi connectivity index (χ1n) is 9.65. The normalized spacial score (nSPS) is 13.6. The number of rotatable bonds is 2. The van der Waals surface area contributed by atoms with Crippen molar-refractivity contribution in [1.29, 1.82) is 0 Å². The number of allylic oxidation sites excluding steroid dienone is 1. The zero-order chi connectivity index (χ0) is 21.3. The van der Waals surface area contributed by atoms with Crippen LogP contribution >= 0.6 is 28.1 Å². The maximum atomic E-state index is 14.0. The second-order valence-electron chi connectivity index (χ2n) is 7.24. The summed E-state index contributed by atoms with van der Waals surface area (Å²) in [6.07, 6.45) is 5.58. The summed E-state index contributed by atoms with van der Waals surface area (Å²) in [7, 11) is 0. The topological polar surface area (TPSA) is 39.4 Å². The fourth-order valence-electron chi connectivity index (χ4n) is 4.42. The molecule has 0 atom stereocenters. The fraction of sp³-hybridized carbons (Fsp3) is 0.0400. The van der Waals surface area contributed by atoms with Crippen LogP contribution < -0.4 is 10.6 Å². The van der Waals surface area contributed by atoms with E-state index in [2.05, 4.69) is 22.5 Å². The van der Waals surface area contributed by atoms with Crippen molar-refractivity contribution in [3.63, 3.8) is 0 Å². The minimum atomic E-state index is 0.196. The van der Waals surface area contributed by atoms with Crippen molar-refractivity contribution in [3.8, 4) is 0 Å². The Balaban J connectivity index is 2.00. The minimum absolute atomic E-state index is 0.196. The van der Waals surface area contributed by atoms with E-state index in [4.69, 9.17) is 13.3 Å². The van der Waals surface area contributed by atoms with Gasteiger partial charge in [0.25, 0.3) is 0 Å². The molecule has 0 saturated heterocycles. The lowest BCUT2D eigenvalue weighted by atomic mass is 10.0. The molecule has 0 amide bonds. The molecule has 0 aliphatic heterocycles. The van der Waals surface area contributed by atoms with Crippen LogP contribution in [-0.4, -0.2) is 0 Å². The lowest BCUT2D eigenvalue weighted by Crippen LogP contribution is -2.19. The number of fused-ring (bicyclic) bond motifs is 9. The van der Waals surface area contributed by atoms with Gasteiger partial charge in [0, 0.05) is 26.8 Å². The highest BCUT2D eigenvalue weighted by Gasteiger charge is 2.23. The standard InChI is InChI=1S/C25H14BrFO3S/c1-3-7-12-15(4-2)29-24-14(26)10-17-22(21(12)24)23-18(28-17)11-19(31-27)20-13-8-5-6-9-16(13)30-25(20)23/h3-11H,1H2,2H3/b12-7+,15-4+. The van der Waals surface area contributed by atoms with Crippen molar-refractivity contribution >= 4 is 95.1 Å². The zero-order valence-electron chi connectivity index (χ0n) is 16.3. The Morgan fingerprint density at radius 2 is 1.74 bits per heavy atom.